The van der Waals surface area contributed by atoms with E-state index in [2.05, 4.69) is 5.18 Å². The van der Waals surface area contributed by atoms with Crippen LogP contribution in [0.25, 0.3) is 0 Å². The van der Waals surface area contributed by atoms with Gasteiger partial charge in [0.1, 0.15) is 6.04 Å². The quantitative estimate of drug-likeness (QED) is 0.387. The van der Waals surface area contributed by atoms with Crippen LogP contribution >= 0.6 is 11.6 Å². The summed E-state index contributed by atoms with van der Waals surface area (Å²) in [5, 5.41) is 2.62. The van der Waals surface area contributed by atoms with Crippen molar-refractivity contribution < 1.29 is 0 Å². The van der Waals surface area contributed by atoms with E-state index in [9.17, 15) is 4.91 Å². The molecule has 0 rings (SSSR count). The Labute approximate surface area is 41.5 Å². The molecule has 0 aromatic heterocycles. The normalized spacial score (nSPS) is 13.7. The lowest BCUT2D eigenvalue weighted by Gasteiger charge is -1.86. The van der Waals surface area contributed by atoms with Crippen LogP contribution in [0.5, 0.6) is 0 Å². The zero-order chi connectivity index (χ0) is 4.99. The van der Waals surface area contributed by atoms with Crippen molar-refractivity contribution in [3.05, 3.63) is 4.91 Å². The Bertz CT molecular complexity index is 48.1. The Morgan fingerprint density at radius 2 is 2.50 bits per heavy atom. The van der Waals surface area contributed by atoms with Crippen molar-refractivity contribution >= 4 is 11.6 Å². The number of nitroso groups, excluding NO2 is 1. The molecule has 0 aliphatic rings. The van der Waals surface area contributed by atoms with Crippen molar-refractivity contribution in [3.8, 4) is 0 Å². The molecule has 0 saturated heterocycles. The molecule has 0 radical (unpaired) electrons. The van der Waals surface area contributed by atoms with Crippen molar-refractivity contribution in [1.29, 1.82) is 0 Å². The fraction of sp³-hybridized carbons (Fsp3) is 1.00. The molecule has 6 heavy (non-hydrogen) atoms. The maximum absolute atomic E-state index is 9.40. The van der Waals surface area contributed by atoms with E-state index in [1.807, 2.05) is 0 Å². The first-order chi connectivity index (χ1) is 2.81. The molecule has 0 aromatic rings. The van der Waals surface area contributed by atoms with Crippen molar-refractivity contribution in [1.82, 2.24) is 0 Å². The first-order valence-electron chi connectivity index (χ1n) is 1.69. The van der Waals surface area contributed by atoms with Crippen LogP contribution in [0.15, 0.2) is 5.18 Å². The molecular formula is C3H6ClNO. The molecule has 0 aliphatic heterocycles. The highest BCUT2D eigenvalue weighted by atomic mass is 35.5. The number of alkyl halides is 1. The Morgan fingerprint density at radius 3 is 2.50 bits per heavy atom. The maximum Gasteiger partial charge on any atom is 0.103 e. The third-order valence-electron chi connectivity index (χ3n) is 0.403. The molecule has 0 aromatic carbocycles. The van der Waals surface area contributed by atoms with E-state index in [4.69, 9.17) is 11.6 Å². The van der Waals surface area contributed by atoms with Crippen LogP contribution in [0.1, 0.15) is 6.92 Å². The number of hydrogen-bond donors (Lipinski definition) is 0. The number of rotatable bonds is 2. The average Bonchev–Trinajstić information content (AvgIpc) is 1.65. The van der Waals surface area contributed by atoms with Gasteiger partial charge in [-0.1, -0.05) is 5.18 Å². The summed E-state index contributed by atoms with van der Waals surface area (Å²) in [5.41, 5.74) is 0. The van der Waals surface area contributed by atoms with Gasteiger partial charge in [0.2, 0.25) is 0 Å². The van der Waals surface area contributed by atoms with E-state index >= 15 is 0 Å². The SMILES string of the molecule is CC(CCl)N=O. The fourth-order valence-electron chi connectivity index (χ4n) is 0.0282. The monoisotopic (exact) mass is 107 g/mol. The van der Waals surface area contributed by atoms with Gasteiger partial charge in [-0.3, -0.25) is 0 Å². The third-order valence-corrected chi connectivity index (χ3v) is 0.850. The molecular weight excluding hydrogens is 101 g/mol. The smallest absolute Gasteiger partial charge is 0.103 e. The molecule has 0 N–H and O–H groups in total. The largest absolute Gasteiger partial charge is 0.150 e. The molecule has 0 aliphatic carbocycles. The minimum Gasteiger partial charge on any atom is -0.150 e. The molecule has 36 valence electrons. The van der Waals surface area contributed by atoms with E-state index in [0.717, 1.165) is 0 Å². The molecule has 0 heterocycles. The van der Waals surface area contributed by atoms with Crippen molar-refractivity contribution in [2.24, 2.45) is 5.18 Å². The predicted molar refractivity (Wildman–Crippen MR) is 26.0 cm³/mol. The molecule has 0 amide bonds. The molecule has 0 bridgehead atoms. The summed E-state index contributed by atoms with van der Waals surface area (Å²) >= 11 is 5.16. The van der Waals surface area contributed by atoms with Crippen molar-refractivity contribution in [3.63, 3.8) is 0 Å². The second-order valence-corrected chi connectivity index (χ2v) is 1.42. The van der Waals surface area contributed by atoms with Gasteiger partial charge in [0.25, 0.3) is 0 Å². The molecule has 1 unspecified atom stereocenters. The lowest BCUT2D eigenvalue weighted by Crippen LogP contribution is -1.95. The maximum atomic E-state index is 9.40. The number of hydrogen-bond acceptors (Lipinski definition) is 2. The summed E-state index contributed by atoms with van der Waals surface area (Å²) in [5.74, 6) is 0.323. The van der Waals surface area contributed by atoms with Crippen LogP contribution in [0.4, 0.5) is 0 Å². The molecule has 0 fully saturated rings. The van der Waals surface area contributed by atoms with Gasteiger partial charge in [0.05, 0.1) is 0 Å². The van der Waals surface area contributed by atoms with E-state index in [-0.39, 0.29) is 6.04 Å². The molecule has 0 saturated carbocycles. The van der Waals surface area contributed by atoms with Crippen molar-refractivity contribution in [2.75, 3.05) is 5.88 Å². The van der Waals surface area contributed by atoms with Crippen LogP contribution in [0.3, 0.4) is 0 Å². The Balaban J connectivity index is 2.96. The first-order valence-corrected chi connectivity index (χ1v) is 2.23. The Morgan fingerprint density at radius 1 is 2.00 bits per heavy atom. The van der Waals surface area contributed by atoms with E-state index in [1.165, 1.54) is 0 Å². The Hall–Kier alpha value is -0.110. The summed E-state index contributed by atoms with van der Waals surface area (Å²) in [6, 6.07) is -0.230. The number of nitrogens with zero attached hydrogens (tertiary/aromatic N) is 1. The molecule has 1 atom stereocenters. The van der Waals surface area contributed by atoms with Gasteiger partial charge >= 0.3 is 0 Å². The van der Waals surface area contributed by atoms with Crippen molar-refractivity contribution in [2.45, 2.75) is 13.0 Å². The fourth-order valence-corrected chi connectivity index (χ4v) is 0.0845. The van der Waals surface area contributed by atoms with Gasteiger partial charge in [-0.25, -0.2) is 0 Å². The summed E-state index contributed by atoms with van der Waals surface area (Å²) in [6.07, 6.45) is 0. The van der Waals surface area contributed by atoms with Crippen LogP contribution in [0, 0.1) is 4.91 Å². The van der Waals surface area contributed by atoms with Gasteiger partial charge in [0, 0.05) is 5.88 Å². The third kappa shape index (κ3) is 2.15. The number of halogens is 1. The van der Waals surface area contributed by atoms with Gasteiger partial charge in [-0.15, -0.1) is 11.6 Å². The standard InChI is InChI=1S/C3H6ClNO/c1-3(2-4)5-6/h3H,2H2,1H3. The molecule has 0 spiro atoms. The van der Waals surface area contributed by atoms with Crippen LogP contribution in [-0.4, -0.2) is 11.9 Å². The Kier molecular flexibility index (Phi) is 3.04. The van der Waals surface area contributed by atoms with Gasteiger partial charge < -0.3 is 0 Å². The lowest BCUT2D eigenvalue weighted by molar-refractivity contribution is 0.835. The van der Waals surface area contributed by atoms with Crippen LogP contribution in [-0.2, 0) is 0 Å². The highest BCUT2D eigenvalue weighted by Crippen LogP contribution is 1.88. The second kappa shape index (κ2) is 3.09. The van der Waals surface area contributed by atoms with Crippen LogP contribution < -0.4 is 0 Å². The minimum absolute atomic E-state index is 0.230. The summed E-state index contributed by atoms with van der Waals surface area (Å²) in [7, 11) is 0. The van der Waals surface area contributed by atoms with E-state index in [0.29, 0.717) is 5.88 Å². The van der Waals surface area contributed by atoms with E-state index < -0.39 is 0 Å². The van der Waals surface area contributed by atoms with Gasteiger partial charge in [0.15, 0.2) is 0 Å². The van der Waals surface area contributed by atoms with Gasteiger partial charge in [-0.2, -0.15) is 4.91 Å². The zero-order valence-electron chi connectivity index (χ0n) is 3.52. The van der Waals surface area contributed by atoms with E-state index in [1.54, 1.807) is 6.92 Å². The topological polar surface area (TPSA) is 29.4 Å². The second-order valence-electron chi connectivity index (χ2n) is 1.11. The van der Waals surface area contributed by atoms with Crippen LogP contribution in [0.2, 0.25) is 0 Å². The minimum atomic E-state index is -0.230. The first kappa shape index (κ1) is 5.89. The highest BCUT2D eigenvalue weighted by Gasteiger charge is 1.92. The average molecular weight is 108 g/mol. The molecule has 3 heteroatoms. The van der Waals surface area contributed by atoms with Gasteiger partial charge in [-0.05, 0) is 6.92 Å². The summed E-state index contributed by atoms with van der Waals surface area (Å²) < 4.78 is 0. The summed E-state index contributed by atoms with van der Waals surface area (Å²) in [6.45, 7) is 1.67. The molecule has 2 nitrogen and oxygen atoms in total. The zero-order valence-corrected chi connectivity index (χ0v) is 4.27. The lowest BCUT2D eigenvalue weighted by atomic mass is 10.4. The predicted octanol–water partition coefficient (Wildman–Crippen LogP) is 1.38. The summed E-state index contributed by atoms with van der Waals surface area (Å²) in [4.78, 5) is 9.40. The highest BCUT2D eigenvalue weighted by molar-refractivity contribution is 6.18.